The summed E-state index contributed by atoms with van der Waals surface area (Å²) in [5, 5.41) is 12.8. The molecule has 4 heteroatoms. The number of hydrogen-bond donors (Lipinski definition) is 1. The molecule has 0 amide bonds. The van der Waals surface area contributed by atoms with Gasteiger partial charge in [-0.05, 0) is 60.3 Å². The molecule has 1 heterocycles. The SMILES string of the molecule is OC(c1ccc2ccccc2c1)c1cc(Br)c(Br)s1. The van der Waals surface area contributed by atoms with Crippen LogP contribution in [-0.4, -0.2) is 5.11 Å². The Labute approximate surface area is 132 Å². The molecule has 0 radical (unpaired) electrons. The zero-order valence-corrected chi connectivity index (χ0v) is 13.8. The fraction of sp³-hybridized carbons (Fsp3) is 0.0667. The number of aliphatic hydroxyl groups is 1. The fourth-order valence-corrected chi connectivity index (χ4v) is 4.14. The Balaban J connectivity index is 2.03. The molecule has 3 aromatic rings. The van der Waals surface area contributed by atoms with Crippen LogP contribution in [-0.2, 0) is 0 Å². The number of halogens is 2. The molecule has 96 valence electrons. The molecular weight excluding hydrogens is 388 g/mol. The van der Waals surface area contributed by atoms with Crippen molar-refractivity contribution >= 4 is 54.0 Å². The molecule has 1 N–H and O–H groups in total. The topological polar surface area (TPSA) is 20.2 Å². The van der Waals surface area contributed by atoms with Crippen molar-refractivity contribution < 1.29 is 5.11 Å². The standard InChI is InChI=1S/C15H10Br2OS/c16-12-8-13(19-15(12)17)14(18)11-6-5-9-3-1-2-4-10(9)7-11/h1-8,14,18H. The second-order valence-corrected chi connectivity index (χ2v) is 7.54. The summed E-state index contributed by atoms with van der Waals surface area (Å²) in [4.78, 5) is 0.925. The predicted molar refractivity (Wildman–Crippen MR) is 87.7 cm³/mol. The van der Waals surface area contributed by atoms with Crippen LogP contribution in [0.3, 0.4) is 0 Å². The summed E-state index contributed by atoms with van der Waals surface area (Å²) in [6, 6.07) is 16.2. The van der Waals surface area contributed by atoms with Gasteiger partial charge in [-0.15, -0.1) is 11.3 Å². The molecule has 0 bridgehead atoms. The molecule has 2 aromatic carbocycles. The minimum absolute atomic E-state index is 0.586. The van der Waals surface area contributed by atoms with Gasteiger partial charge in [-0.25, -0.2) is 0 Å². The molecule has 0 saturated heterocycles. The summed E-state index contributed by atoms with van der Waals surface area (Å²) < 4.78 is 1.98. The first-order valence-corrected chi connectivity index (χ1v) is 8.17. The van der Waals surface area contributed by atoms with E-state index in [0.717, 1.165) is 24.1 Å². The summed E-state index contributed by atoms with van der Waals surface area (Å²) >= 11 is 8.45. The van der Waals surface area contributed by atoms with E-state index in [1.807, 2.05) is 36.4 Å². The van der Waals surface area contributed by atoms with Crippen LogP contribution >= 0.6 is 43.2 Å². The third-order valence-electron chi connectivity index (χ3n) is 3.02. The highest BCUT2D eigenvalue weighted by Crippen LogP contribution is 2.37. The third-order valence-corrected chi connectivity index (χ3v) is 6.33. The van der Waals surface area contributed by atoms with Gasteiger partial charge in [0.05, 0.1) is 3.79 Å². The van der Waals surface area contributed by atoms with Gasteiger partial charge in [0, 0.05) is 9.35 Å². The summed E-state index contributed by atoms with van der Waals surface area (Å²) in [7, 11) is 0. The average molecular weight is 398 g/mol. The lowest BCUT2D eigenvalue weighted by atomic mass is 10.0. The van der Waals surface area contributed by atoms with Gasteiger partial charge in [0.25, 0.3) is 0 Å². The first-order chi connectivity index (χ1) is 9.15. The molecule has 0 saturated carbocycles. The van der Waals surface area contributed by atoms with Gasteiger partial charge in [-0.1, -0.05) is 36.4 Å². The summed E-state index contributed by atoms with van der Waals surface area (Å²) in [6.45, 7) is 0. The van der Waals surface area contributed by atoms with Crippen LogP contribution in [0.5, 0.6) is 0 Å². The quantitative estimate of drug-likeness (QED) is 0.604. The second kappa shape index (κ2) is 5.37. The molecule has 1 aromatic heterocycles. The molecule has 0 aliphatic heterocycles. The molecule has 3 rings (SSSR count). The van der Waals surface area contributed by atoms with E-state index in [9.17, 15) is 5.11 Å². The maximum absolute atomic E-state index is 10.5. The van der Waals surface area contributed by atoms with Gasteiger partial charge in [0.15, 0.2) is 0 Å². The van der Waals surface area contributed by atoms with E-state index in [-0.39, 0.29) is 0 Å². The van der Waals surface area contributed by atoms with Gasteiger partial charge in [0.1, 0.15) is 6.10 Å². The van der Waals surface area contributed by atoms with Crippen molar-refractivity contribution in [3.8, 4) is 0 Å². The Morgan fingerprint density at radius 1 is 0.947 bits per heavy atom. The highest BCUT2D eigenvalue weighted by atomic mass is 79.9. The minimum atomic E-state index is -0.586. The van der Waals surface area contributed by atoms with E-state index < -0.39 is 6.10 Å². The molecular formula is C15H10Br2OS. The van der Waals surface area contributed by atoms with Crippen molar-refractivity contribution in [2.75, 3.05) is 0 Å². The highest BCUT2D eigenvalue weighted by molar-refractivity contribution is 9.13. The molecule has 19 heavy (non-hydrogen) atoms. The van der Waals surface area contributed by atoms with Gasteiger partial charge in [-0.3, -0.25) is 0 Å². The van der Waals surface area contributed by atoms with Gasteiger partial charge >= 0.3 is 0 Å². The number of rotatable bonds is 2. The molecule has 0 aliphatic rings. The molecule has 0 fully saturated rings. The van der Waals surface area contributed by atoms with E-state index in [1.165, 1.54) is 5.39 Å². The average Bonchev–Trinajstić information content (AvgIpc) is 2.77. The summed E-state index contributed by atoms with van der Waals surface area (Å²) in [5.41, 5.74) is 0.917. The number of thiophene rings is 1. The lowest BCUT2D eigenvalue weighted by molar-refractivity contribution is 0.224. The Morgan fingerprint density at radius 3 is 2.37 bits per heavy atom. The summed E-state index contributed by atoms with van der Waals surface area (Å²) in [6.07, 6.45) is -0.586. The highest BCUT2D eigenvalue weighted by Gasteiger charge is 2.15. The van der Waals surface area contributed by atoms with Crippen molar-refractivity contribution in [1.82, 2.24) is 0 Å². The largest absolute Gasteiger partial charge is 0.383 e. The molecule has 1 atom stereocenters. The van der Waals surface area contributed by atoms with Crippen molar-refractivity contribution in [2.45, 2.75) is 6.10 Å². The lowest BCUT2D eigenvalue weighted by Crippen LogP contribution is -1.96. The maximum atomic E-state index is 10.5. The monoisotopic (exact) mass is 396 g/mol. The first-order valence-electron chi connectivity index (χ1n) is 5.76. The minimum Gasteiger partial charge on any atom is -0.383 e. The summed E-state index contributed by atoms with van der Waals surface area (Å²) in [5.74, 6) is 0. The Hall–Kier alpha value is -0.680. The Bertz CT molecular complexity index is 716. The van der Waals surface area contributed by atoms with E-state index in [4.69, 9.17) is 0 Å². The number of aliphatic hydroxyl groups excluding tert-OH is 1. The van der Waals surface area contributed by atoms with Crippen molar-refractivity contribution in [2.24, 2.45) is 0 Å². The molecule has 1 nitrogen and oxygen atoms in total. The third kappa shape index (κ3) is 2.63. The first kappa shape index (κ1) is 13.3. The van der Waals surface area contributed by atoms with Gasteiger partial charge in [0.2, 0.25) is 0 Å². The van der Waals surface area contributed by atoms with Crippen LogP contribution in [0.1, 0.15) is 16.5 Å². The van der Waals surface area contributed by atoms with Crippen molar-refractivity contribution in [3.63, 3.8) is 0 Å². The van der Waals surface area contributed by atoms with Crippen LogP contribution in [0.2, 0.25) is 0 Å². The smallest absolute Gasteiger partial charge is 0.113 e. The van der Waals surface area contributed by atoms with E-state index in [1.54, 1.807) is 11.3 Å². The Kier molecular flexibility index (Phi) is 3.76. The van der Waals surface area contributed by atoms with Crippen LogP contribution in [0, 0.1) is 0 Å². The second-order valence-electron chi connectivity index (χ2n) is 4.28. The van der Waals surface area contributed by atoms with Crippen LogP contribution in [0.4, 0.5) is 0 Å². The van der Waals surface area contributed by atoms with Gasteiger partial charge < -0.3 is 5.11 Å². The predicted octanol–water partition coefficient (Wildman–Crippen LogP) is 5.51. The van der Waals surface area contributed by atoms with E-state index >= 15 is 0 Å². The van der Waals surface area contributed by atoms with Crippen molar-refractivity contribution in [1.29, 1.82) is 0 Å². The zero-order chi connectivity index (χ0) is 13.4. The van der Waals surface area contributed by atoms with E-state index in [0.29, 0.717) is 0 Å². The van der Waals surface area contributed by atoms with Gasteiger partial charge in [-0.2, -0.15) is 0 Å². The zero-order valence-electron chi connectivity index (χ0n) is 9.81. The molecule has 0 aliphatic carbocycles. The van der Waals surface area contributed by atoms with Crippen LogP contribution < -0.4 is 0 Å². The van der Waals surface area contributed by atoms with E-state index in [2.05, 4.69) is 44.0 Å². The lowest BCUT2D eigenvalue weighted by Gasteiger charge is -2.10. The maximum Gasteiger partial charge on any atom is 0.113 e. The normalized spacial score (nSPS) is 12.8. The number of benzene rings is 2. The molecule has 1 unspecified atom stereocenters. The van der Waals surface area contributed by atoms with Crippen molar-refractivity contribution in [3.05, 3.63) is 67.2 Å². The molecule has 0 spiro atoms. The van der Waals surface area contributed by atoms with Crippen LogP contribution in [0.15, 0.2) is 56.8 Å². The number of fused-ring (bicyclic) bond motifs is 1. The fourth-order valence-electron chi connectivity index (χ4n) is 2.04. The Morgan fingerprint density at radius 2 is 1.68 bits per heavy atom. The van der Waals surface area contributed by atoms with Crippen LogP contribution in [0.25, 0.3) is 10.8 Å². The number of hydrogen-bond acceptors (Lipinski definition) is 2.